The van der Waals surface area contributed by atoms with Gasteiger partial charge in [0, 0.05) is 54.4 Å². The Kier molecular flexibility index (Phi) is 10.8. The lowest BCUT2D eigenvalue weighted by Gasteiger charge is -2.12. The fourth-order valence-corrected chi connectivity index (χ4v) is 4.20. The molecule has 0 saturated carbocycles. The predicted octanol–water partition coefficient (Wildman–Crippen LogP) is 4.57. The summed E-state index contributed by atoms with van der Waals surface area (Å²) in [7, 11) is 1.63. The van der Waals surface area contributed by atoms with Crippen molar-refractivity contribution in [3.63, 3.8) is 0 Å². The summed E-state index contributed by atoms with van der Waals surface area (Å²) in [6.07, 6.45) is 2.94. The van der Waals surface area contributed by atoms with Crippen LogP contribution in [0.5, 0.6) is 11.6 Å². The van der Waals surface area contributed by atoms with Crippen LogP contribution in [-0.4, -0.2) is 62.6 Å². The van der Waals surface area contributed by atoms with E-state index in [1.54, 1.807) is 19.4 Å². The number of nitrogens with one attached hydrogen (secondary N) is 1. The molecule has 0 spiro atoms. The van der Waals surface area contributed by atoms with Crippen molar-refractivity contribution in [1.82, 2.24) is 15.3 Å². The van der Waals surface area contributed by atoms with Gasteiger partial charge >= 0.3 is 0 Å². The first-order valence-corrected chi connectivity index (χ1v) is 13.4. The molecule has 0 radical (unpaired) electrons. The standard InChI is InChI=1S/C31H36N4O5/c1-3-22-18-23(20-24(19-22)31(36)34-12-13-38-16-17-39-15-14-37-2)21-29-33-11-10-30(35-29)40-28-9-8-27(32)25-6-4-5-7-26(25)28/h4-11,18-20H,3,12-17,21,32H2,1-2H3,(H,34,36). The number of rotatable bonds is 15. The summed E-state index contributed by atoms with van der Waals surface area (Å²) < 4.78 is 21.9. The minimum atomic E-state index is -0.148. The van der Waals surface area contributed by atoms with E-state index < -0.39 is 0 Å². The first kappa shape index (κ1) is 28.9. The predicted molar refractivity (Wildman–Crippen MR) is 155 cm³/mol. The van der Waals surface area contributed by atoms with Gasteiger partial charge in [0.25, 0.3) is 5.91 Å². The van der Waals surface area contributed by atoms with Crippen molar-refractivity contribution in [1.29, 1.82) is 0 Å². The van der Waals surface area contributed by atoms with Crippen molar-refractivity contribution in [2.24, 2.45) is 0 Å². The molecule has 4 aromatic rings. The highest BCUT2D eigenvalue weighted by atomic mass is 16.5. The number of carbonyl (C=O) groups excluding carboxylic acids is 1. The summed E-state index contributed by atoms with van der Waals surface area (Å²) in [5.74, 6) is 1.56. The first-order chi connectivity index (χ1) is 19.6. The van der Waals surface area contributed by atoms with Crippen molar-refractivity contribution in [2.75, 3.05) is 52.4 Å². The van der Waals surface area contributed by atoms with Crippen molar-refractivity contribution in [3.8, 4) is 11.6 Å². The van der Waals surface area contributed by atoms with Crippen LogP contribution in [0.4, 0.5) is 5.69 Å². The van der Waals surface area contributed by atoms with E-state index in [4.69, 9.17) is 24.7 Å². The third-order valence-electron chi connectivity index (χ3n) is 6.23. The summed E-state index contributed by atoms with van der Waals surface area (Å²) >= 11 is 0. The van der Waals surface area contributed by atoms with Gasteiger partial charge in [0.1, 0.15) is 11.6 Å². The molecular weight excluding hydrogens is 508 g/mol. The highest BCUT2D eigenvalue weighted by molar-refractivity contribution is 5.97. The Morgan fingerprint density at radius 3 is 2.45 bits per heavy atom. The summed E-state index contributed by atoms with van der Waals surface area (Å²) in [5.41, 5.74) is 9.43. The van der Waals surface area contributed by atoms with Gasteiger partial charge < -0.3 is 30.0 Å². The average Bonchev–Trinajstić information content (AvgIpc) is 2.98. The lowest BCUT2D eigenvalue weighted by Crippen LogP contribution is -2.28. The fourth-order valence-electron chi connectivity index (χ4n) is 4.20. The smallest absolute Gasteiger partial charge is 0.251 e. The number of hydrogen-bond donors (Lipinski definition) is 2. The van der Waals surface area contributed by atoms with E-state index in [0.717, 1.165) is 28.3 Å². The zero-order chi connectivity index (χ0) is 28.2. The normalized spacial score (nSPS) is 11.1. The summed E-state index contributed by atoms with van der Waals surface area (Å²) in [6, 6.07) is 19.1. The molecule has 0 saturated heterocycles. The molecule has 0 bridgehead atoms. The topological polar surface area (TPSA) is 118 Å². The van der Waals surface area contributed by atoms with E-state index in [1.165, 1.54) is 0 Å². The molecule has 9 heteroatoms. The highest BCUT2D eigenvalue weighted by Gasteiger charge is 2.12. The lowest BCUT2D eigenvalue weighted by atomic mass is 10.0. The molecule has 1 aromatic heterocycles. The molecule has 3 aromatic carbocycles. The summed E-state index contributed by atoms with van der Waals surface area (Å²) in [6.45, 7) is 4.92. The van der Waals surface area contributed by atoms with E-state index in [0.29, 0.717) is 74.7 Å². The minimum Gasteiger partial charge on any atom is -0.438 e. The Morgan fingerprint density at radius 2 is 1.65 bits per heavy atom. The van der Waals surface area contributed by atoms with Crippen molar-refractivity contribution in [3.05, 3.63) is 89.4 Å². The number of ether oxygens (including phenoxy) is 4. The van der Waals surface area contributed by atoms with Gasteiger partial charge in [-0.3, -0.25) is 4.79 Å². The van der Waals surface area contributed by atoms with Crippen molar-refractivity contribution >= 4 is 22.4 Å². The van der Waals surface area contributed by atoms with E-state index in [1.807, 2.05) is 48.5 Å². The van der Waals surface area contributed by atoms with Crippen LogP contribution >= 0.6 is 0 Å². The van der Waals surface area contributed by atoms with Crippen LogP contribution in [0.25, 0.3) is 10.8 Å². The number of fused-ring (bicyclic) bond motifs is 1. The Morgan fingerprint density at radius 1 is 0.900 bits per heavy atom. The van der Waals surface area contributed by atoms with Crippen molar-refractivity contribution < 1.29 is 23.7 Å². The molecule has 0 aliphatic rings. The number of aryl methyl sites for hydroxylation is 1. The van der Waals surface area contributed by atoms with E-state index in [9.17, 15) is 4.79 Å². The maximum Gasteiger partial charge on any atom is 0.251 e. The van der Waals surface area contributed by atoms with Crippen molar-refractivity contribution in [2.45, 2.75) is 19.8 Å². The summed E-state index contributed by atoms with van der Waals surface area (Å²) in [5, 5.41) is 4.76. The second-order valence-electron chi connectivity index (χ2n) is 9.15. The van der Waals surface area contributed by atoms with Gasteiger partial charge in [-0.15, -0.1) is 0 Å². The second kappa shape index (κ2) is 14.9. The Balaban J connectivity index is 1.37. The number of nitrogens with two attached hydrogens (primary N) is 1. The number of nitrogen functional groups attached to an aromatic ring is 1. The summed E-state index contributed by atoms with van der Waals surface area (Å²) in [4.78, 5) is 21.9. The number of amides is 1. The maximum atomic E-state index is 12.8. The van der Waals surface area contributed by atoms with Gasteiger partial charge in [-0.2, -0.15) is 4.98 Å². The van der Waals surface area contributed by atoms with E-state index in [-0.39, 0.29) is 5.91 Å². The molecule has 3 N–H and O–H groups in total. The quantitative estimate of drug-likeness (QED) is 0.165. The molecule has 0 atom stereocenters. The molecule has 0 aliphatic carbocycles. The number of hydrogen-bond acceptors (Lipinski definition) is 8. The number of methoxy groups -OCH3 is 1. The van der Waals surface area contributed by atoms with Gasteiger partial charge in [-0.05, 0) is 41.8 Å². The molecule has 4 rings (SSSR count). The fraction of sp³-hybridized carbons (Fsp3) is 0.323. The minimum absolute atomic E-state index is 0.148. The monoisotopic (exact) mass is 544 g/mol. The molecule has 9 nitrogen and oxygen atoms in total. The SMILES string of the molecule is CCc1cc(Cc2nccc(Oc3ccc(N)c4ccccc34)n2)cc(C(=O)NCCOCCOCCOC)c1. The van der Waals surface area contributed by atoms with Crippen LogP contribution in [0.2, 0.25) is 0 Å². The maximum absolute atomic E-state index is 12.8. The number of benzene rings is 3. The van der Waals surface area contributed by atoms with Crippen LogP contribution < -0.4 is 15.8 Å². The van der Waals surface area contributed by atoms with E-state index >= 15 is 0 Å². The second-order valence-corrected chi connectivity index (χ2v) is 9.15. The Labute approximate surface area is 234 Å². The highest BCUT2D eigenvalue weighted by Crippen LogP contribution is 2.32. The van der Waals surface area contributed by atoms with Crippen LogP contribution in [0.1, 0.15) is 34.2 Å². The number of nitrogens with zero attached hydrogens (tertiary/aromatic N) is 2. The molecule has 40 heavy (non-hydrogen) atoms. The Bertz CT molecular complexity index is 1410. The molecule has 1 heterocycles. The van der Waals surface area contributed by atoms with Crippen LogP contribution in [-0.2, 0) is 27.1 Å². The number of anilines is 1. The van der Waals surface area contributed by atoms with Crippen LogP contribution in [0.3, 0.4) is 0 Å². The third-order valence-corrected chi connectivity index (χ3v) is 6.23. The lowest BCUT2D eigenvalue weighted by molar-refractivity contribution is 0.0255. The molecule has 0 fully saturated rings. The molecule has 0 aliphatic heterocycles. The first-order valence-electron chi connectivity index (χ1n) is 13.4. The van der Waals surface area contributed by atoms with Crippen LogP contribution in [0.15, 0.2) is 66.9 Å². The van der Waals surface area contributed by atoms with Gasteiger partial charge in [0.2, 0.25) is 5.88 Å². The zero-order valence-corrected chi connectivity index (χ0v) is 23.0. The number of carbonyl (C=O) groups is 1. The molecule has 0 unspecified atom stereocenters. The van der Waals surface area contributed by atoms with Crippen LogP contribution in [0, 0.1) is 0 Å². The molecular formula is C31H36N4O5. The number of aromatic nitrogens is 2. The average molecular weight is 545 g/mol. The van der Waals surface area contributed by atoms with Gasteiger partial charge in [0.05, 0.1) is 33.0 Å². The van der Waals surface area contributed by atoms with Gasteiger partial charge in [0.15, 0.2) is 0 Å². The third kappa shape index (κ3) is 8.22. The molecule has 1 amide bonds. The zero-order valence-electron chi connectivity index (χ0n) is 23.0. The van der Waals surface area contributed by atoms with Gasteiger partial charge in [-0.25, -0.2) is 4.98 Å². The largest absolute Gasteiger partial charge is 0.438 e. The van der Waals surface area contributed by atoms with E-state index in [2.05, 4.69) is 28.3 Å². The van der Waals surface area contributed by atoms with Gasteiger partial charge in [-0.1, -0.05) is 37.3 Å². The Hall–Kier alpha value is -4.05. The molecule has 210 valence electrons.